The molecule has 1 saturated heterocycles. The summed E-state index contributed by atoms with van der Waals surface area (Å²) in [7, 11) is -3.61. The number of anilines is 1. The fourth-order valence-corrected chi connectivity index (χ4v) is 5.71. The predicted molar refractivity (Wildman–Crippen MR) is 113 cm³/mol. The van der Waals surface area contributed by atoms with Crippen LogP contribution in [0.5, 0.6) is 0 Å². The average Bonchev–Trinajstić information content (AvgIpc) is 2.94. The minimum atomic E-state index is -3.61. The van der Waals surface area contributed by atoms with E-state index in [1.54, 1.807) is 36.4 Å². The molecule has 2 aromatic rings. The Morgan fingerprint density at radius 2 is 1.57 bits per heavy atom. The Morgan fingerprint density at radius 3 is 2.25 bits per heavy atom. The third-order valence-electron chi connectivity index (χ3n) is 5.47. The van der Waals surface area contributed by atoms with Crippen LogP contribution < -0.4 is 4.31 Å². The molecule has 0 bridgehead atoms. The van der Waals surface area contributed by atoms with E-state index >= 15 is 0 Å². The lowest BCUT2D eigenvalue weighted by Crippen LogP contribution is -2.32. The van der Waals surface area contributed by atoms with Gasteiger partial charge in [-0.25, -0.2) is 8.42 Å². The van der Waals surface area contributed by atoms with Gasteiger partial charge in [-0.1, -0.05) is 28.8 Å². The zero-order valence-corrected chi connectivity index (χ0v) is 18.0. The number of amides is 1. The Bertz CT molecular complexity index is 981. The first kappa shape index (κ1) is 19.5. The number of sulfonamides is 1. The number of benzene rings is 2. The van der Waals surface area contributed by atoms with Gasteiger partial charge in [0.25, 0.3) is 15.9 Å². The maximum absolute atomic E-state index is 13.0. The molecule has 0 N–H and O–H groups in total. The van der Waals surface area contributed by atoms with Crippen molar-refractivity contribution in [2.45, 2.75) is 37.0 Å². The molecule has 4 rings (SSSR count). The lowest BCUT2D eigenvalue weighted by atomic mass is 10.1. The first-order valence-electron chi connectivity index (χ1n) is 9.67. The Hall–Kier alpha value is -1.86. The van der Waals surface area contributed by atoms with Crippen LogP contribution >= 0.6 is 15.9 Å². The summed E-state index contributed by atoms with van der Waals surface area (Å²) in [6.45, 7) is 2.01. The van der Waals surface area contributed by atoms with Crippen LogP contribution in [0.25, 0.3) is 0 Å². The summed E-state index contributed by atoms with van der Waals surface area (Å²) < 4.78 is 28.4. The van der Waals surface area contributed by atoms with E-state index in [0.29, 0.717) is 24.2 Å². The highest BCUT2D eigenvalue weighted by Crippen LogP contribution is 2.34. The molecule has 1 fully saturated rings. The van der Waals surface area contributed by atoms with Gasteiger partial charge in [0.05, 0.1) is 10.6 Å². The summed E-state index contributed by atoms with van der Waals surface area (Å²) in [4.78, 5) is 15.1. The molecular formula is C21H23BrN2O3S. The van der Waals surface area contributed by atoms with Crippen molar-refractivity contribution in [1.29, 1.82) is 0 Å². The number of hydrogen-bond donors (Lipinski definition) is 0. The number of nitrogens with zero attached hydrogens (tertiary/aromatic N) is 2. The van der Waals surface area contributed by atoms with Crippen molar-refractivity contribution >= 4 is 37.5 Å². The van der Waals surface area contributed by atoms with Gasteiger partial charge in [-0.15, -0.1) is 0 Å². The van der Waals surface area contributed by atoms with E-state index in [-0.39, 0.29) is 10.8 Å². The summed E-state index contributed by atoms with van der Waals surface area (Å²) in [6.07, 6.45) is 5.08. The van der Waals surface area contributed by atoms with Crippen molar-refractivity contribution in [3.63, 3.8) is 0 Å². The van der Waals surface area contributed by atoms with Gasteiger partial charge < -0.3 is 4.90 Å². The highest BCUT2D eigenvalue weighted by Gasteiger charge is 2.31. The van der Waals surface area contributed by atoms with Crippen LogP contribution in [-0.4, -0.2) is 38.9 Å². The zero-order valence-electron chi connectivity index (χ0n) is 15.6. The molecule has 0 radical (unpaired) electrons. The van der Waals surface area contributed by atoms with Crippen LogP contribution in [0.4, 0.5) is 5.69 Å². The molecule has 7 heteroatoms. The molecule has 2 aliphatic rings. The Kier molecular flexibility index (Phi) is 5.47. The van der Waals surface area contributed by atoms with Gasteiger partial charge in [-0.05, 0) is 67.3 Å². The monoisotopic (exact) mass is 462 g/mol. The van der Waals surface area contributed by atoms with Gasteiger partial charge in [0.1, 0.15) is 0 Å². The average molecular weight is 463 g/mol. The molecule has 0 atom stereocenters. The van der Waals surface area contributed by atoms with E-state index in [4.69, 9.17) is 0 Å². The summed E-state index contributed by atoms with van der Waals surface area (Å²) in [5.41, 5.74) is 2.25. The second kappa shape index (κ2) is 7.87. The Labute approximate surface area is 174 Å². The molecule has 0 spiro atoms. The number of likely N-dealkylation sites (tertiary alicyclic amines) is 1. The third-order valence-corrected chi connectivity index (χ3v) is 7.83. The molecular weight excluding hydrogens is 440 g/mol. The van der Waals surface area contributed by atoms with Crippen molar-refractivity contribution < 1.29 is 13.2 Å². The third kappa shape index (κ3) is 3.70. The number of fused-ring (bicyclic) bond motifs is 1. The van der Waals surface area contributed by atoms with Crippen LogP contribution in [-0.2, 0) is 16.4 Å². The minimum absolute atomic E-state index is 0.0546. The summed E-state index contributed by atoms with van der Waals surface area (Å²) in [5.74, 6) is 0.0546. The number of carbonyl (C=O) groups excluding carboxylic acids is 1. The van der Waals surface area contributed by atoms with E-state index in [2.05, 4.69) is 15.9 Å². The topological polar surface area (TPSA) is 57.7 Å². The normalized spacial score (nSPS) is 17.3. The van der Waals surface area contributed by atoms with Gasteiger partial charge in [-0.3, -0.25) is 9.10 Å². The molecule has 5 nitrogen and oxygen atoms in total. The zero-order chi connectivity index (χ0) is 19.7. The molecule has 2 heterocycles. The molecule has 2 aliphatic heterocycles. The summed E-state index contributed by atoms with van der Waals surface area (Å²) in [6, 6.07) is 12.1. The van der Waals surface area contributed by atoms with E-state index in [1.807, 2.05) is 11.0 Å². The standard InChI is InChI=1S/C21H23BrN2O3S/c22-18-6-8-19(9-7-18)28(26,27)24-14-11-16-15-17(5-10-20(16)24)21(25)23-12-3-1-2-4-13-23/h5-10,15H,1-4,11-14H2. The number of hydrogen-bond acceptors (Lipinski definition) is 3. The maximum atomic E-state index is 13.0. The van der Waals surface area contributed by atoms with Gasteiger partial charge in [-0.2, -0.15) is 0 Å². The van der Waals surface area contributed by atoms with E-state index < -0.39 is 10.0 Å². The van der Waals surface area contributed by atoms with Gasteiger partial charge in [0.15, 0.2) is 0 Å². The van der Waals surface area contributed by atoms with Gasteiger partial charge >= 0.3 is 0 Å². The lowest BCUT2D eigenvalue weighted by Gasteiger charge is -2.22. The molecule has 148 valence electrons. The maximum Gasteiger partial charge on any atom is 0.264 e. The molecule has 0 saturated carbocycles. The van der Waals surface area contributed by atoms with Crippen LogP contribution in [0.15, 0.2) is 51.8 Å². The van der Waals surface area contributed by atoms with Crippen LogP contribution in [0.2, 0.25) is 0 Å². The van der Waals surface area contributed by atoms with Gasteiger partial charge in [0.2, 0.25) is 0 Å². The molecule has 1 amide bonds. The number of carbonyl (C=O) groups is 1. The van der Waals surface area contributed by atoms with Crippen LogP contribution in [0.3, 0.4) is 0 Å². The first-order valence-corrected chi connectivity index (χ1v) is 11.9. The predicted octanol–water partition coefficient (Wildman–Crippen LogP) is 4.22. The molecule has 2 aromatic carbocycles. The fraction of sp³-hybridized carbons (Fsp3) is 0.381. The van der Waals surface area contributed by atoms with Crippen molar-refractivity contribution in [1.82, 2.24) is 4.90 Å². The highest BCUT2D eigenvalue weighted by molar-refractivity contribution is 9.10. The lowest BCUT2D eigenvalue weighted by molar-refractivity contribution is 0.0761. The molecule has 0 aromatic heterocycles. The second-order valence-corrected chi connectivity index (χ2v) is 10.1. The summed E-state index contributed by atoms with van der Waals surface area (Å²) in [5, 5.41) is 0. The van der Waals surface area contributed by atoms with Crippen LogP contribution in [0.1, 0.15) is 41.6 Å². The number of halogens is 1. The molecule has 28 heavy (non-hydrogen) atoms. The quantitative estimate of drug-likeness (QED) is 0.685. The van der Waals surface area contributed by atoms with Crippen molar-refractivity contribution in [3.05, 3.63) is 58.1 Å². The first-order chi connectivity index (χ1) is 13.5. The smallest absolute Gasteiger partial charge is 0.264 e. The fourth-order valence-electron chi connectivity index (χ4n) is 3.94. The second-order valence-electron chi connectivity index (χ2n) is 7.33. The SMILES string of the molecule is O=C(c1ccc2c(c1)CCN2S(=O)(=O)c1ccc(Br)cc1)N1CCCCCC1. The highest BCUT2D eigenvalue weighted by atomic mass is 79.9. The molecule has 0 aliphatic carbocycles. The van der Waals surface area contributed by atoms with Gasteiger partial charge in [0, 0.05) is 29.7 Å². The van der Waals surface area contributed by atoms with E-state index in [0.717, 1.165) is 36.0 Å². The van der Waals surface area contributed by atoms with Crippen molar-refractivity contribution in [3.8, 4) is 0 Å². The minimum Gasteiger partial charge on any atom is -0.339 e. The Balaban J connectivity index is 1.59. The van der Waals surface area contributed by atoms with Crippen LogP contribution in [0, 0.1) is 0 Å². The Morgan fingerprint density at radius 1 is 0.893 bits per heavy atom. The largest absolute Gasteiger partial charge is 0.339 e. The van der Waals surface area contributed by atoms with Crippen molar-refractivity contribution in [2.24, 2.45) is 0 Å². The molecule has 0 unspecified atom stereocenters. The number of rotatable bonds is 3. The summed E-state index contributed by atoms with van der Waals surface area (Å²) >= 11 is 3.34. The van der Waals surface area contributed by atoms with Crippen molar-refractivity contribution in [2.75, 3.05) is 23.9 Å². The van der Waals surface area contributed by atoms with E-state index in [9.17, 15) is 13.2 Å². The van der Waals surface area contributed by atoms with E-state index in [1.165, 1.54) is 17.1 Å².